The quantitative estimate of drug-likeness (QED) is 0.671. The number of hydrogen-bond donors (Lipinski definition) is 0. The Bertz CT molecular complexity index is 654. The Kier molecular flexibility index (Phi) is 3.71. The number of fused-ring (bicyclic) bond motifs is 1. The molecule has 0 spiro atoms. The number of pyridine rings is 1. The van der Waals surface area contributed by atoms with Crippen molar-refractivity contribution < 1.29 is 13.2 Å². The molecule has 2 aromatic rings. The highest BCUT2D eigenvalue weighted by molar-refractivity contribution is 6.33. The average Bonchev–Trinajstić information content (AvgIpc) is 2.66. The molecule has 0 saturated heterocycles. The third-order valence-corrected chi connectivity index (χ3v) is 3.47. The van der Waals surface area contributed by atoms with Crippen LogP contribution in [0.1, 0.15) is 37.7 Å². The predicted octanol–water partition coefficient (Wildman–Crippen LogP) is 5.04. The van der Waals surface area contributed by atoms with Crippen LogP contribution in [0.4, 0.5) is 13.2 Å². The molecule has 0 radical (unpaired) electrons. The Morgan fingerprint density at radius 3 is 2.30 bits per heavy atom. The van der Waals surface area contributed by atoms with E-state index < -0.39 is 11.7 Å². The number of hydrogen-bond acceptors (Lipinski definition) is 1. The summed E-state index contributed by atoms with van der Waals surface area (Å²) in [5.74, 6) is 0.0609. The van der Waals surface area contributed by atoms with Crippen LogP contribution in [0.25, 0.3) is 5.65 Å². The number of halogens is 5. The third-order valence-electron chi connectivity index (χ3n) is 2.94. The highest BCUT2D eigenvalue weighted by Gasteiger charge is 2.33. The van der Waals surface area contributed by atoms with Gasteiger partial charge in [0, 0.05) is 11.6 Å². The average molecular weight is 325 g/mol. The van der Waals surface area contributed by atoms with Gasteiger partial charge in [-0.25, -0.2) is 4.98 Å². The molecule has 0 fully saturated rings. The Hall–Kier alpha value is -0.940. The minimum absolute atomic E-state index is 0.0401. The molecular formula is C13H13Cl2F3N2. The van der Waals surface area contributed by atoms with E-state index in [4.69, 9.17) is 23.2 Å². The maximum Gasteiger partial charge on any atom is 0.417 e. The molecule has 20 heavy (non-hydrogen) atoms. The van der Waals surface area contributed by atoms with E-state index in [-0.39, 0.29) is 16.3 Å². The minimum Gasteiger partial charge on any atom is -0.301 e. The lowest BCUT2D eigenvalue weighted by atomic mass is 9.91. The second kappa shape index (κ2) is 4.81. The lowest BCUT2D eigenvalue weighted by molar-refractivity contribution is -0.137. The summed E-state index contributed by atoms with van der Waals surface area (Å²) >= 11 is 11.8. The van der Waals surface area contributed by atoms with Gasteiger partial charge < -0.3 is 4.40 Å². The van der Waals surface area contributed by atoms with E-state index in [1.54, 1.807) is 0 Å². The number of aromatic nitrogens is 2. The van der Waals surface area contributed by atoms with Crippen LogP contribution in [0.2, 0.25) is 5.02 Å². The third kappa shape index (κ3) is 2.61. The van der Waals surface area contributed by atoms with Gasteiger partial charge in [0.15, 0.2) is 5.65 Å². The molecule has 0 aliphatic heterocycles. The van der Waals surface area contributed by atoms with E-state index in [0.29, 0.717) is 17.0 Å². The normalized spacial score (nSPS) is 13.2. The van der Waals surface area contributed by atoms with E-state index in [0.717, 1.165) is 12.3 Å². The zero-order valence-corrected chi connectivity index (χ0v) is 12.7. The Morgan fingerprint density at radius 1 is 1.25 bits per heavy atom. The molecule has 0 saturated carbocycles. The Morgan fingerprint density at radius 2 is 1.85 bits per heavy atom. The molecule has 7 heteroatoms. The molecule has 0 atom stereocenters. The zero-order valence-electron chi connectivity index (χ0n) is 11.1. The molecule has 2 rings (SSSR count). The molecule has 0 amide bonds. The van der Waals surface area contributed by atoms with Crippen LogP contribution in [-0.4, -0.2) is 9.38 Å². The van der Waals surface area contributed by atoms with Gasteiger partial charge in [-0.15, -0.1) is 11.6 Å². The fraction of sp³-hybridized carbons (Fsp3) is 0.462. The molecular weight excluding hydrogens is 312 g/mol. The summed E-state index contributed by atoms with van der Waals surface area (Å²) in [5, 5.41) is -0.0401. The number of nitrogens with zero attached hydrogens (tertiary/aromatic N) is 2. The first kappa shape index (κ1) is 15.4. The van der Waals surface area contributed by atoms with Crippen LogP contribution in [-0.2, 0) is 17.5 Å². The zero-order chi connectivity index (χ0) is 15.3. The Labute approximate surface area is 124 Å². The maximum atomic E-state index is 12.8. The van der Waals surface area contributed by atoms with E-state index in [9.17, 15) is 13.2 Å². The molecule has 0 unspecified atom stereocenters. The highest BCUT2D eigenvalue weighted by Crippen LogP contribution is 2.35. The largest absolute Gasteiger partial charge is 0.417 e. The predicted molar refractivity (Wildman–Crippen MR) is 73.5 cm³/mol. The highest BCUT2D eigenvalue weighted by atomic mass is 35.5. The van der Waals surface area contributed by atoms with Gasteiger partial charge in [0.05, 0.1) is 27.9 Å². The topological polar surface area (TPSA) is 17.3 Å². The van der Waals surface area contributed by atoms with Gasteiger partial charge in [0.2, 0.25) is 0 Å². The molecule has 2 heterocycles. The lowest BCUT2D eigenvalue weighted by Gasteiger charge is -2.17. The van der Waals surface area contributed by atoms with E-state index in [1.165, 1.54) is 4.40 Å². The van der Waals surface area contributed by atoms with Crippen molar-refractivity contribution in [2.75, 3.05) is 0 Å². The summed E-state index contributed by atoms with van der Waals surface area (Å²) in [5.41, 5.74) is 0.313. The van der Waals surface area contributed by atoms with E-state index >= 15 is 0 Å². The summed E-state index contributed by atoms with van der Waals surface area (Å²) in [4.78, 5) is 4.36. The van der Waals surface area contributed by atoms with Crippen molar-refractivity contribution in [1.29, 1.82) is 0 Å². The van der Waals surface area contributed by atoms with Gasteiger partial charge in [-0.2, -0.15) is 13.2 Å². The summed E-state index contributed by atoms with van der Waals surface area (Å²) < 4.78 is 39.9. The summed E-state index contributed by atoms with van der Waals surface area (Å²) in [6.07, 6.45) is -3.48. The van der Waals surface area contributed by atoms with Gasteiger partial charge >= 0.3 is 6.18 Å². The standard InChI is InChI=1S/C13H13Cl2F3N2/c1-12(2,3)10-9(5-14)20-6-7(13(16,17)18)4-8(15)11(20)19-10/h4,6H,5H2,1-3H3. The first-order chi connectivity index (χ1) is 9.05. The molecule has 2 nitrogen and oxygen atoms in total. The molecule has 110 valence electrons. The monoisotopic (exact) mass is 324 g/mol. The smallest absolute Gasteiger partial charge is 0.301 e. The molecule has 0 N–H and O–H groups in total. The first-order valence-corrected chi connectivity index (χ1v) is 6.81. The van der Waals surface area contributed by atoms with Gasteiger partial charge in [-0.05, 0) is 6.07 Å². The molecule has 0 bridgehead atoms. The molecule has 0 aromatic carbocycles. The van der Waals surface area contributed by atoms with Gasteiger partial charge in [-0.3, -0.25) is 0 Å². The number of rotatable bonds is 1. The van der Waals surface area contributed by atoms with Crippen molar-refractivity contribution in [2.24, 2.45) is 0 Å². The van der Waals surface area contributed by atoms with Crippen LogP contribution in [0.15, 0.2) is 12.3 Å². The SMILES string of the molecule is CC(C)(C)c1nc2c(Cl)cc(C(F)(F)F)cn2c1CCl. The van der Waals surface area contributed by atoms with Crippen molar-refractivity contribution in [3.63, 3.8) is 0 Å². The van der Waals surface area contributed by atoms with Crippen LogP contribution >= 0.6 is 23.2 Å². The summed E-state index contributed by atoms with van der Waals surface area (Å²) in [6, 6.07) is 0.883. The van der Waals surface area contributed by atoms with E-state index in [1.807, 2.05) is 20.8 Å². The van der Waals surface area contributed by atoms with Crippen molar-refractivity contribution in [1.82, 2.24) is 9.38 Å². The lowest BCUT2D eigenvalue weighted by Crippen LogP contribution is -2.14. The van der Waals surface area contributed by atoms with Crippen molar-refractivity contribution in [3.8, 4) is 0 Å². The van der Waals surface area contributed by atoms with Crippen LogP contribution in [0.3, 0.4) is 0 Å². The van der Waals surface area contributed by atoms with Gasteiger partial charge in [0.1, 0.15) is 0 Å². The fourth-order valence-electron chi connectivity index (χ4n) is 2.03. The first-order valence-electron chi connectivity index (χ1n) is 5.90. The van der Waals surface area contributed by atoms with Gasteiger partial charge in [-0.1, -0.05) is 32.4 Å². The van der Waals surface area contributed by atoms with Crippen LogP contribution < -0.4 is 0 Å². The molecule has 2 aromatic heterocycles. The summed E-state index contributed by atoms with van der Waals surface area (Å²) in [6.45, 7) is 5.76. The molecule has 0 aliphatic carbocycles. The summed E-state index contributed by atoms with van der Waals surface area (Å²) in [7, 11) is 0. The van der Waals surface area contributed by atoms with Crippen LogP contribution in [0.5, 0.6) is 0 Å². The second-order valence-corrected chi connectivity index (χ2v) is 6.23. The minimum atomic E-state index is -4.46. The van der Waals surface area contributed by atoms with E-state index in [2.05, 4.69) is 4.98 Å². The number of imidazole rings is 1. The number of alkyl halides is 4. The van der Waals surface area contributed by atoms with Gasteiger partial charge in [0.25, 0.3) is 0 Å². The molecule has 0 aliphatic rings. The van der Waals surface area contributed by atoms with Crippen molar-refractivity contribution >= 4 is 28.8 Å². The Balaban J connectivity index is 2.83. The van der Waals surface area contributed by atoms with Crippen molar-refractivity contribution in [2.45, 2.75) is 38.2 Å². The van der Waals surface area contributed by atoms with Crippen molar-refractivity contribution in [3.05, 3.63) is 34.2 Å². The fourth-order valence-corrected chi connectivity index (χ4v) is 2.54. The second-order valence-electron chi connectivity index (χ2n) is 5.56. The van der Waals surface area contributed by atoms with Crippen LogP contribution in [0, 0.1) is 0 Å². The maximum absolute atomic E-state index is 12.8.